The maximum Gasteiger partial charge on any atom is 0.248 e. The Kier molecular flexibility index (Phi) is 5.76. The van der Waals surface area contributed by atoms with Gasteiger partial charge in [-0.05, 0) is 31.2 Å². The van der Waals surface area contributed by atoms with Crippen LogP contribution in [0.15, 0.2) is 42.9 Å². The minimum absolute atomic E-state index is 0.0796. The molecule has 144 valence electrons. The molecule has 0 saturated carbocycles. The molecule has 2 aromatic heterocycles. The van der Waals surface area contributed by atoms with E-state index in [0.717, 1.165) is 12.3 Å². The number of anilines is 1. The van der Waals surface area contributed by atoms with Gasteiger partial charge in [-0.15, -0.1) is 0 Å². The zero-order chi connectivity index (χ0) is 20.4. The molecule has 28 heavy (non-hydrogen) atoms. The quantitative estimate of drug-likeness (QED) is 0.336. The summed E-state index contributed by atoms with van der Waals surface area (Å²) < 4.78 is 32.4. The normalized spacial score (nSPS) is 11.9. The summed E-state index contributed by atoms with van der Waals surface area (Å²) >= 11 is 12.3. The van der Waals surface area contributed by atoms with Crippen LogP contribution in [0.2, 0.25) is 10.0 Å². The molecule has 2 heterocycles. The van der Waals surface area contributed by atoms with Crippen molar-refractivity contribution in [3.05, 3.63) is 81.4 Å². The second-order valence-corrected chi connectivity index (χ2v) is 6.71. The number of nitrogen functional groups attached to an aromatic ring is 1. The fourth-order valence-corrected chi connectivity index (χ4v) is 3.28. The van der Waals surface area contributed by atoms with E-state index in [1.54, 1.807) is 19.1 Å². The second-order valence-electron chi connectivity index (χ2n) is 5.90. The molecule has 1 aromatic carbocycles. The van der Waals surface area contributed by atoms with Crippen molar-refractivity contribution >= 4 is 34.6 Å². The maximum absolute atomic E-state index is 13.5. The molecule has 0 amide bonds. The van der Waals surface area contributed by atoms with Crippen LogP contribution in [-0.4, -0.2) is 15.7 Å². The first-order chi connectivity index (χ1) is 13.3. The van der Waals surface area contributed by atoms with E-state index in [0.29, 0.717) is 21.4 Å². The molecule has 3 aromatic rings. The summed E-state index contributed by atoms with van der Waals surface area (Å²) in [6, 6.07) is 5.58. The Hall–Kier alpha value is -2.77. The topological polar surface area (TPSA) is 84.9 Å². The number of nitrogens with two attached hydrogens (primary N) is 1. The lowest BCUT2D eigenvalue weighted by atomic mass is 10.0. The van der Waals surface area contributed by atoms with Crippen molar-refractivity contribution in [2.24, 2.45) is 0 Å². The van der Waals surface area contributed by atoms with Crippen molar-refractivity contribution in [1.29, 1.82) is 5.41 Å². The highest BCUT2D eigenvalue weighted by Crippen LogP contribution is 2.33. The number of pyridine rings is 2. The van der Waals surface area contributed by atoms with Gasteiger partial charge in [-0.3, -0.25) is 10.4 Å². The smallest absolute Gasteiger partial charge is 0.248 e. The molecule has 0 unspecified atom stereocenters. The van der Waals surface area contributed by atoms with E-state index in [1.165, 1.54) is 18.5 Å². The summed E-state index contributed by atoms with van der Waals surface area (Å²) in [7, 11) is 0. The molecular formula is C19H14Cl2F2N4O. The number of hydrogen-bond acceptors (Lipinski definition) is 5. The van der Waals surface area contributed by atoms with Gasteiger partial charge in [0, 0.05) is 41.0 Å². The Morgan fingerprint density at radius 3 is 2.46 bits per heavy atom. The van der Waals surface area contributed by atoms with E-state index in [-0.39, 0.29) is 22.5 Å². The maximum atomic E-state index is 13.5. The molecule has 0 bridgehead atoms. The van der Waals surface area contributed by atoms with Gasteiger partial charge < -0.3 is 10.5 Å². The first-order valence-electron chi connectivity index (χ1n) is 8.03. The van der Waals surface area contributed by atoms with Gasteiger partial charge in [0.1, 0.15) is 11.9 Å². The standard InChI is InChI=1S/C19H14Cl2F2N4O/c1-9(17-13(20)7-26-8-14(17)21)28-11-2-3-16(24)12(5-11)18(25)10-4-15(22)19(23)27-6-10/h2-9,25H,24H2,1H3/t9-/m1/s1. The Labute approximate surface area is 169 Å². The number of ether oxygens (including phenoxy) is 1. The molecular weight excluding hydrogens is 409 g/mol. The minimum Gasteiger partial charge on any atom is -0.486 e. The zero-order valence-corrected chi connectivity index (χ0v) is 16.0. The van der Waals surface area contributed by atoms with Crippen LogP contribution in [0.25, 0.3) is 0 Å². The fourth-order valence-electron chi connectivity index (χ4n) is 2.61. The van der Waals surface area contributed by atoms with Crippen LogP contribution < -0.4 is 10.5 Å². The Bertz CT molecular complexity index is 1040. The summed E-state index contributed by atoms with van der Waals surface area (Å²) in [4.78, 5) is 7.20. The molecule has 0 aliphatic carbocycles. The first-order valence-corrected chi connectivity index (χ1v) is 8.79. The molecule has 0 spiro atoms. The predicted octanol–water partition coefficient (Wildman–Crippen LogP) is 5.20. The van der Waals surface area contributed by atoms with Crippen molar-refractivity contribution in [3.63, 3.8) is 0 Å². The molecule has 3 rings (SSSR count). The van der Waals surface area contributed by atoms with E-state index in [2.05, 4.69) is 9.97 Å². The molecule has 0 saturated heterocycles. The Balaban J connectivity index is 1.91. The van der Waals surface area contributed by atoms with Crippen LogP contribution >= 0.6 is 23.2 Å². The van der Waals surface area contributed by atoms with Gasteiger partial charge in [0.15, 0.2) is 5.82 Å². The van der Waals surface area contributed by atoms with E-state index in [4.69, 9.17) is 39.1 Å². The Morgan fingerprint density at radius 1 is 1.14 bits per heavy atom. The SMILES string of the molecule is C[C@@H](Oc1ccc(N)c(C(=N)c2cnc(F)c(F)c2)c1)c1c(Cl)cncc1Cl. The van der Waals surface area contributed by atoms with Gasteiger partial charge in [0.25, 0.3) is 0 Å². The highest BCUT2D eigenvalue weighted by Gasteiger charge is 2.18. The lowest BCUT2D eigenvalue weighted by molar-refractivity contribution is 0.227. The van der Waals surface area contributed by atoms with Gasteiger partial charge in [0.2, 0.25) is 5.95 Å². The van der Waals surface area contributed by atoms with Gasteiger partial charge in [-0.1, -0.05) is 23.2 Å². The molecule has 1 atom stereocenters. The average Bonchev–Trinajstić information content (AvgIpc) is 2.65. The van der Waals surface area contributed by atoms with E-state index >= 15 is 0 Å². The van der Waals surface area contributed by atoms with Crippen molar-refractivity contribution in [2.75, 3.05) is 5.73 Å². The summed E-state index contributed by atoms with van der Waals surface area (Å²) in [5.74, 6) is -1.99. The van der Waals surface area contributed by atoms with Crippen molar-refractivity contribution < 1.29 is 13.5 Å². The molecule has 9 heteroatoms. The van der Waals surface area contributed by atoms with Gasteiger partial charge in [-0.25, -0.2) is 9.37 Å². The van der Waals surface area contributed by atoms with Gasteiger partial charge in [-0.2, -0.15) is 4.39 Å². The minimum atomic E-state index is -1.23. The molecule has 5 nitrogen and oxygen atoms in total. The summed E-state index contributed by atoms with van der Waals surface area (Å²) in [5.41, 5.74) is 7.03. The van der Waals surface area contributed by atoms with Crippen LogP contribution in [0.5, 0.6) is 5.75 Å². The molecule has 3 N–H and O–H groups in total. The van der Waals surface area contributed by atoms with Crippen molar-refractivity contribution in [1.82, 2.24) is 9.97 Å². The highest BCUT2D eigenvalue weighted by atomic mass is 35.5. The predicted molar refractivity (Wildman–Crippen MR) is 104 cm³/mol. The lowest BCUT2D eigenvalue weighted by Crippen LogP contribution is -2.09. The van der Waals surface area contributed by atoms with E-state index < -0.39 is 17.9 Å². The lowest BCUT2D eigenvalue weighted by Gasteiger charge is -2.18. The summed E-state index contributed by atoms with van der Waals surface area (Å²) in [6.45, 7) is 1.76. The third kappa shape index (κ3) is 4.05. The van der Waals surface area contributed by atoms with Crippen LogP contribution in [0.4, 0.5) is 14.5 Å². The summed E-state index contributed by atoms with van der Waals surface area (Å²) in [6.07, 6.45) is 3.47. The number of benzene rings is 1. The van der Waals surface area contributed by atoms with Gasteiger partial charge in [0.05, 0.1) is 15.8 Å². The first kappa shape index (κ1) is 20.0. The van der Waals surface area contributed by atoms with Crippen LogP contribution in [-0.2, 0) is 0 Å². The van der Waals surface area contributed by atoms with Crippen LogP contribution in [0.3, 0.4) is 0 Å². The number of nitrogens with one attached hydrogen (secondary N) is 1. The van der Waals surface area contributed by atoms with Crippen LogP contribution in [0, 0.1) is 17.2 Å². The third-order valence-electron chi connectivity index (χ3n) is 3.99. The molecule has 0 fully saturated rings. The number of rotatable bonds is 5. The number of aromatic nitrogens is 2. The Morgan fingerprint density at radius 2 is 1.82 bits per heavy atom. The van der Waals surface area contributed by atoms with Crippen molar-refractivity contribution in [3.8, 4) is 5.75 Å². The van der Waals surface area contributed by atoms with E-state index in [1.807, 2.05) is 0 Å². The highest BCUT2D eigenvalue weighted by molar-refractivity contribution is 6.35. The monoisotopic (exact) mass is 422 g/mol. The molecule has 0 radical (unpaired) electrons. The van der Waals surface area contributed by atoms with E-state index in [9.17, 15) is 8.78 Å². The average molecular weight is 423 g/mol. The second kappa shape index (κ2) is 8.08. The molecule has 0 aliphatic rings. The zero-order valence-electron chi connectivity index (χ0n) is 14.5. The number of halogens is 4. The third-order valence-corrected chi connectivity index (χ3v) is 4.59. The number of hydrogen-bond donors (Lipinski definition) is 2. The van der Waals surface area contributed by atoms with Crippen molar-refractivity contribution in [2.45, 2.75) is 13.0 Å². The summed E-state index contributed by atoms with van der Waals surface area (Å²) in [5, 5.41) is 8.99. The largest absolute Gasteiger partial charge is 0.486 e. The molecule has 0 aliphatic heterocycles. The fraction of sp³-hybridized carbons (Fsp3) is 0.105. The van der Waals surface area contributed by atoms with Crippen LogP contribution in [0.1, 0.15) is 29.7 Å². The van der Waals surface area contributed by atoms with Gasteiger partial charge >= 0.3 is 0 Å². The number of nitrogens with zero attached hydrogens (tertiary/aromatic N) is 2.